The Morgan fingerprint density at radius 3 is 3.00 bits per heavy atom. The summed E-state index contributed by atoms with van der Waals surface area (Å²) in [6.07, 6.45) is 4.66. The Bertz CT molecular complexity index is 242. The molecule has 1 amide bonds. The van der Waals surface area contributed by atoms with Crippen molar-refractivity contribution < 1.29 is 4.79 Å². The fraction of sp³-hybridized carbons (Fsp3) is 0.917. The predicted molar refractivity (Wildman–Crippen MR) is 60.6 cm³/mol. The Labute approximate surface area is 92.2 Å². The van der Waals surface area contributed by atoms with E-state index in [-0.39, 0.29) is 11.8 Å². The van der Waals surface area contributed by atoms with Crippen LogP contribution < -0.4 is 5.32 Å². The Kier molecular flexibility index (Phi) is 3.29. The molecule has 2 aliphatic rings. The molecule has 2 heterocycles. The lowest BCUT2D eigenvalue weighted by Crippen LogP contribution is -2.44. The van der Waals surface area contributed by atoms with Crippen LogP contribution in [0.3, 0.4) is 0 Å². The molecule has 0 spiro atoms. The summed E-state index contributed by atoms with van der Waals surface area (Å²) in [6.45, 7) is 6.49. The molecule has 2 saturated heterocycles. The quantitative estimate of drug-likeness (QED) is 0.763. The maximum atomic E-state index is 11.8. The van der Waals surface area contributed by atoms with Gasteiger partial charge in [0.1, 0.15) is 0 Å². The van der Waals surface area contributed by atoms with Crippen LogP contribution in [0.25, 0.3) is 0 Å². The lowest BCUT2D eigenvalue weighted by molar-refractivity contribution is -0.125. The summed E-state index contributed by atoms with van der Waals surface area (Å²) in [7, 11) is 0. The van der Waals surface area contributed by atoms with Gasteiger partial charge in [-0.2, -0.15) is 0 Å². The Morgan fingerprint density at radius 2 is 2.27 bits per heavy atom. The number of hydrogen-bond acceptors (Lipinski definition) is 2. The number of hydrogen-bond donors (Lipinski definition) is 1. The Morgan fingerprint density at radius 1 is 1.47 bits per heavy atom. The van der Waals surface area contributed by atoms with Crippen molar-refractivity contribution >= 4 is 5.91 Å². The molecule has 2 rings (SSSR count). The zero-order valence-corrected chi connectivity index (χ0v) is 9.83. The molecule has 2 fully saturated rings. The highest BCUT2D eigenvalue weighted by Gasteiger charge is 2.37. The smallest absolute Gasteiger partial charge is 0.223 e. The predicted octanol–water partition coefficient (Wildman–Crippen LogP) is 1.39. The molecule has 0 aliphatic carbocycles. The molecule has 2 aliphatic heterocycles. The number of rotatable bonds is 3. The van der Waals surface area contributed by atoms with Crippen molar-refractivity contribution in [3.05, 3.63) is 0 Å². The highest BCUT2D eigenvalue weighted by Crippen LogP contribution is 2.28. The second-order valence-electron chi connectivity index (χ2n) is 4.96. The minimum atomic E-state index is 0.167. The van der Waals surface area contributed by atoms with Crippen LogP contribution in [0.5, 0.6) is 0 Å². The molecule has 0 aromatic carbocycles. The standard InChI is InChI=1S/C12H22N2O/c1-3-9(2)12(15)13-10-6-8-14-7-4-5-11(10)14/h9-11H,3-8H2,1-2H3,(H,13,15)/t9?,10-,11-/m0/s1. The maximum absolute atomic E-state index is 11.8. The second-order valence-corrected chi connectivity index (χ2v) is 4.96. The van der Waals surface area contributed by atoms with Crippen LogP contribution in [0.4, 0.5) is 0 Å². The first kappa shape index (κ1) is 10.9. The number of amides is 1. The molecule has 15 heavy (non-hydrogen) atoms. The van der Waals surface area contributed by atoms with Crippen LogP contribution in [-0.4, -0.2) is 36.0 Å². The van der Waals surface area contributed by atoms with Gasteiger partial charge in [-0.25, -0.2) is 0 Å². The minimum Gasteiger partial charge on any atom is -0.352 e. The largest absolute Gasteiger partial charge is 0.352 e. The number of carbonyl (C=O) groups excluding carboxylic acids is 1. The van der Waals surface area contributed by atoms with Crippen molar-refractivity contribution in [2.45, 2.75) is 51.6 Å². The summed E-state index contributed by atoms with van der Waals surface area (Å²) in [4.78, 5) is 14.3. The van der Waals surface area contributed by atoms with Gasteiger partial charge in [0.2, 0.25) is 5.91 Å². The summed E-state index contributed by atoms with van der Waals surface area (Å²) in [5.41, 5.74) is 0. The number of carbonyl (C=O) groups is 1. The fourth-order valence-corrected chi connectivity index (χ4v) is 2.76. The minimum absolute atomic E-state index is 0.167. The topological polar surface area (TPSA) is 32.3 Å². The van der Waals surface area contributed by atoms with Gasteiger partial charge in [0.25, 0.3) is 0 Å². The zero-order chi connectivity index (χ0) is 10.8. The lowest BCUT2D eigenvalue weighted by Gasteiger charge is -2.22. The van der Waals surface area contributed by atoms with E-state index in [4.69, 9.17) is 0 Å². The SMILES string of the molecule is CCC(C)C(=O)N[C@H]1CCN2CCC[C@@H]12. The van der Waals surface area contributed by atoms with Gasteiger partial charge in [0.05, 0.1) is 0 Å². The van der Waals surface area contributed by atoms with E-state index in [9.17, 15) is 4.79 Å². The summed E-state index contributed by atoms with van der Waals surface area (Å²) < 4.78 is 0. The van der Waals surface area contributed by atoms with E-state index in [1.54, 1.807) is 0 Å². The summed E-state index contributed by atoms with van der Waals surface area (Å²) in [6, 6.07) is 1.06. The molecular weight excluding hydrogens is 188 g/mol. The van der Waals surface area contributed by atoms with Crippen LogP contribution in [0.2, 0.25) is 0 Å². The number of fused-ring (bicyclic) bond motifs is 1. The first-order valence-electron chi connectivity index (χ1n) is 6.26. The molecule has 3 heteroatoms. The fourth-order valence-electron chi connectivity index (χ4n) is 2.76. The first-order valence-corrected chi connectivity index (χ1v) is 6.26. The van der Waals surface area contributed by atoms with Crippen molar-refractivity contribution in [3.8, 4) is 0 Å². The average Bonchev–Trinajstić information content (AvgIpc) is 2.81. The maximum Gasteiger partial charge on any atom is 0.223 e. The van der Waals surface area contributed by atoms with Crippen molar-refractivity contribution in [2.75, 3.05) is 13.1 Å². The van der Waals surface area contributed by atoms with E-state index < -0.39 is 0 Å². The van der Waals surface area contributed by atoms with Gasteiger partial charge >= 0.3 is 0 Å². The van der Waals surface area contributed by atoms with Crippen LogP contribution in [-0.2, 0) is 4.79 Å². The molecule has 0 bridgehead atoms. The first-order chi connectivity index (χ1) is 7.22. The molecule has 0 radical (unpaired) electrons. The van der Waals surface area contributed by atoms with Gasteiger partial charge in [0, 0.05) is 24.5 Å². The van der Waals surface area contributed by atoms with Gasteiger partial charge < -0.3 is 5.32 Å². The van der Waals surface area contributed by atoms with Crippen molar-refractivity contribution in [1.82, 2.24) is 10.2 Å². The summed E-state index contributed by atoms with van der Waals surface area (Å²) in [5.74, 6) is 0.414. The average molecular weight is 210 g/mol. The van der Waals surface area contributed by atoms with Crippen molar-refractivity contribution in [2.24, 2.45) is 5.92 Å². The van der Waals surface area contributed by atoms with E-state index in [0.717, 1.165) is 12.8 Å². The normalized spacial score (nSPS) is 32.7. The van der Waals surface area contributed by atoms with E-state index in [1.165, 1.54) is 25.9 Å². The Balaban J connectivity index is 1.87. The molecule has 1 N–H and O–H groups in total. The van der Waals surface area contributed by atoms with Crippen LogP contribution in [0.15, 0.2) is 0 Å². The van der Waals surface area contributed by atoms with E-state index in [0.29, 0.717) is 12.1 Å². The third kappa shape index (κ3) is 2.17. The molecule has 0 saturated carbocycles. The number of nitrogens with one attached hydrogen (secondary N) is 1. The van der Waals surface area contributed by atoms with Gasteiger partial charge in [-0.1, -0.05) is 13.8 Å². The van der Waals surface area contributed by atoms with E-state index in [1.807, 2.05) is 6.92 Å². The lowest BCUT2D eigenvalue weighted by atomic mass is 10.0. The third-order valence-corrected chi connectivity index (χ3v) is 3.99. The Hall–Kier alpha value is -0.570. The van der Waals surface area contributed by atoms with Crippen molar-refractivity contribution in [1.29, 1.82) is 0 Å². The van der Waals surface area contributed by atoms with Crippen LogP contribution >= 0.6 is 0 Å². The molecule has 86 valence electrons. The van der Waals surface area contributed by atoms with Gasteiger partial charge in [0.15, 0.2) is 0 Å². The monoisotopic (exact) mass is 210 g/mol. The van der Waals surface area contributed by atoms with Crippen LogP contribution in [0, 0.1) is 5.92 Å². The summed E-state index contributed by atoms with van der Waals surface area (Å²) >= 11 is 0. The number of nitrogens with zero attached hydrogens (tertiary/aromatic N) is 1. The second kappa shape index (κ2) is 4.52. The van der Waals surface area contributed by atoms with Gasteiger partial charge in [-0.05, 0) is 32.2 Å². The highest BCUT2D eigenvalue weighted by molar-refractivity contribution is 5.78. The van der Waals surface area contributed by atoms with Crippen LogP contribution in [0.1, 0.15) is 39.5 Å². The van der Waals surface area contributed by atoms with E-state index in [2.05, 4.69) is 17.1 Å². The molecule has 1 unspecified atom stereocenters. The van der Waals surface area contributed by atoms with Crippen molar-refractivity contribution in [3.63, 3.8) is 0 Å². The molecular formula is C12H22N2O. The molecule has 0 aromatic rings. The van der Waals surface area contributed by atoms with E-state index >= 15 is 0 Å². The third-order valence-electron chi connectivity index (χ3n) is 3.99. The molecule has 0 aromatic heterocycles. The zero-order valence-electron chi connectivity index (χ0n) is 9.83. The molecule has 3 atom stereocenters. The van der Waals surface area contributed by atoms with Gasteiger partial charge in [-0.3, -0.25) is 9.69 Å². The molecule has 3 nitrogen and oxygen atoms in total. The highest BCUT2D eigenvalue weighted by atomic mass is 16.1. The van der Waals surface area contributed by atoms with Gasteiger partial charge in [-0.15, -0.1) is 0 Å². The summed E-state index contributed by atoms with van der Waals surface area (Å²) in [5, 5.41) is 3.22.